The first-order chi connectivity index (χ1) is 8.11. The van der Waals surface area contributed by atoms with E-state index in [1.165, 1.54) is 4.90 Å². The van der Waals surface area contributed by atoms with E-state index >= 15 is 0 Å². The smallest absolute Gasteiger partial charge is 0.312 e. The number of likely N-dealkylation sites (tertiary alicyclic amines) is 1. The van der Waals surface area contributed by atoms with Crippen molar-refractivity contribution in [1.29, 1.82) is 0 Å². The van der Waals surface area contributed by atoms with E-state index < -0.39 is 11.8 Å². The molecule has 1 heterocycles. The third-order valence-electron chi connectivity index (χ3n) is 3.29. The Labute approximate surface area is 102 Å². The van der Waals surface area contributed by atoms with E-state index in [2.05, 4.69) is 0 Å². The lowest BCUT2D eigenvalue weighted by Crippen LogP contribution is -2.50. The number of hydrogen-bond donors (Lipinski definition) is 1. The highest BCUT2D eigenvalue weighted by atomic mass is 16.3. The Kier molecular flexibility index (Phi) is 5.41. The predicted molar refractivity (Wildman–Crippen MR) is 64.4 cm³/mol. The van der Waals surface area contributed by atoms with Crippen LogP contribution in [0.2, 0.25) is 0 Å². The van der Waals surface area contributed by atoms with Gasteiger partial charge in [-0.25, -0.2) is 0 Å². The van der Waals surface area contributed by atoms with Gasteiger partial charge < -0.3 is 14.9 Å². The van der Waals surface area contributed by atoms with Crippen molar-refractivity contribution in [2.24, 2.45) is 0 Å². The number of piperidine rings is 1. The van der Waals surface area contributed by atoms with Crippen molar-refractivity contribution >= 4 is 11.8 Å². The van der Waals surface area contributed by atoms with Crippen LogP contribution in [0, 0.1) is 0 Å². The van der Waals surface area contributed by atoms with E-state index in [1.807, 2.05) is 6.92 Å². The average molecular weight is 242 g/mol. The zero-order valence-electron chi connectivity index (χ0n) is 10.7. The minimum absolute atomic E-state index is 0.109. The van der Waals surface area contributed by atoms with Gasteiger partial charge in [0.25, 0.3) is 0 Å². The Balaban J connectivity index is 2.63. The fourth-order valence-electron chi connectivity index (χ4n) is 2.18. The summed E-state index contributed by atoms with van der Waals surface area (Å²) >= 11 is 0. The van der Waals surface area contributed by atoms with Gasteiger partial charge in [0, 0.05) is 25.7 Å². The van der Waals surface area contributed by atoms with Crippen molar-refractivity contribution in [2.45, 2.75) is 39.2 Å². The maximum Gasteiger partial charge on any atom is 0.312 e. The van der Waals surface area contributed by atoms with Gasteiger partial charge in [0.05, 0.1) is 6.61 Å². The standard InChI is InChI=1S/C12H22N2O3/c1-3-13(8-9-15)11(16)12(17)14-7-5-4-6-10(14)2/h10,15H,3-9H2,1-2H3. The fourth-order valence-corrected chi connectivity index (χ4v) is 2.18. The summed E-state index contributed by atoms with van der Waals surface area (Å²) in [6, 6.07) is 0.146. The van der Waals surface area contributed by atoms with Crippen molar-refractivity contribution in [3.05, 3.63) is 0 Å². The van der Waals surface area contributed by atoms with Gasteiger partial charge in [-0.05, 0) is 33.1 Å². The molecule has 1 aliphatic rings. The summed E-state index contributed by atoms with van der Waals surface area (Å²) in [4.78, 5) is 27.0. The summed E-state index contributed by atoms with van der Waals surface area (Å²) in [7, 11) is 0. The third kappa shape index (κ3) is 3.43. The van der Waals surface area contributed by atoms with Crippen LogP contribution in [-0.4, -0.2) is 59.0 Å². The molecule has 1 aliphatic heterocycles. The van der Waals surface area contributed by atoms with Crippen LogP contribution < -0.4 is 0 Å². The number of aliphatic hydroxyl groups excluding tert-OH is 1. The van der Waals surface area contributed by atoms with Crippen LogP contribution in [0.1, 0.15) is 33.1 Å². The SMILES string of the molecule is CCN(CCO)C(=O)C(=O)N1CCCCC1C. The van der Waals surface area contributed by atoms with Crippen LogP contribution >= 0.6 is 0 Å². The number of amides is 2. The molecule has 98 valence electrons. The van der Waals surface area contributed by atoms with E-state index in [9.17, 15) is 9.59 Å². The molecule has 0 radical (unpaired) electrons. The monoisotopic (exact) mass is 242 g/mol. The average Bonchev–Trinajstić information content (AvgIpc) is 2.35. The Hall–Kier alpha value is -1.10. The molecule has 1 atom stereocenters. The molecular weight excluding hydrogens is 220 g/mol. The van der Waals surface area contributed by atoms with Crippen molar-refractivity contribution < 1.29 is 14.7 Å². The van der Waals surface area contributed by atoms with Crippen molar-refractivity contribution in [3.63, 3.8) is 0 Å². The van der Waals surface area contributed by atoms with E-state index in [-0.39, 0.29) is 19.2 Å². The largest absolute Gasteiger partial charge is 0.395 e. The summed E-state index contributed by atoms with van der Waals surface area (Å²) in [5.74, 6) is -0.914. The van der Waals surface area contributed by atoms with Crippen molar-refractivity contribution in [3.8, 4) is 0 Å². The second-order valence-electron chi connectivity index (χ2n) is 4.45. The molecule has 1 saturated heterocycles. The molecule has 5 nitrogen and oxygen atoms in total. The molecule has 2 amide bonds. The topological polar surface area (TPSA) is 60.9 Å². The Bertz CT molecular complexity index is 281. The molecule has 0 bridgehead atoms. The van der Waals surface area contributed by atoms with Crippen LogP contribution in [0.25, 0.3) is 0 Å². The minimum atomic E-state index is -0.490. The van der Waals surface area contributed by atoms with Crippen LogP contribution in [-0.2, 0) is 9.59 Å². The Morgan fingerprint density at radius 2 is 2.12 bits per heavy atom. The minimum Gasteiger partial charge on any atom is -0.395 e. The number of carbonyl (C=O) groups is 2. The number of nitrogens with zero attached hydrogens (tertiary/aromatic N) is 2. The molecule has 1 rings (SSSR count). The quantitative estimate of drug-likeness (QED) is 0.721. The molecule has 0 aliphatic carbocycles. The molecule has 1 unspecified atom stereocenters. The highest BCUT2D eigenvalue weighted by molar-refractivity contribution is 6.35. The number of likely N-dealkylation sites (N-methyl/N-ethyl adjacent to an activating group) is 1. The molecule has 0 aromatic heterocycles. The zero-order chi connectivity index (χ0) is 12.8. The maximum atomic E-state index is 12.0. The Morgan fingerprint density at radius 1 is 1.41 bits per heavy atom. The molecular formula is C12H22N2O3. The van der Waals surface area contributed by atoms with Crippen molar-refractivity contribution in [2.75, 3.05) is 26.2 Å². The fraction of sp³-hybridized carbons (Fsp3) is 0.833. The summed E-state index contributed by atoms with van der Waals surface area (Å²) < 4.78 is 0. The third-order valence-corrected chi connectivity index (χ3v) is 3.29. The van der Waals surface area contributed by atoms with E-state index in [1.54, 1.807) is 11.8 Å². The first-order valence-electron chi connectivity index (χ1n) is 6.32. The normalized spacial score (nSPS) is 20.2. The highest BCUT2D eigenvalue weighted by Crippen LogP contribution is 2.16. The number of rotatable bonds is 3. The summed E-state index contributed by atoms with van der Waals surface area (Å²) in [5, 5.41) is 8.84. The van der Waals surface area contributed by atoms with E-state index in [0.29, 0.717) is 13.1 Å². The van der Waals surface area contributed by atoms with Gasteiger partial charge in [-0.2, -0.15) is 0 Å². The molecule has 5 heteroatoms. The van der Waals surface area contributed by atoms with Gasteiger partial charge in [0.2, 0.25) is 0 Å². The van der Waals surface area contributed by atoms with Gasteiger partial charge >= 0.3 is 11.8 Å². The number of aliphatic hydroxyl groups is 1. The molecule has 1 N–H and O–H groups in total. The van der Waals surface area contributed by atoms with Gasteiger partial charge in [-0.3, -0.25) is 9.59 Å². The molecule has 0 saturated carbocycles. The van der Waals surface area contributed by atoms with Crippen LogP contribution in [0.5, 0.6) is 0 Å². The van der Waals surface area contributed by atoms with Crippen LogP contribution in [0.4, 0.5) is 0 Å². The highest BCUT2D eigenvalue weighted by Gasteiger charge is 2.30. The zero-order valence-corrected chi connectivity index (χ0v) is 10.7. The lowest BCUT2D eigenvalue weighted by molar-refractivity contribution is -0.154. The summed E-state index contributed by atoms with van der Waals surface area (Å²) in [6.07, 6.45) is 3.05. The van der Waals surface area contributed by atoms with Crippen LogP contribution in [0.15, 0.2) is 0 Å². The lowest BCUT2D eigenvalue weighted by Gasteiger charge is -2.34. The summed E-state index contributed by atoms with van der Waals surface area (Å²) in [6.45, 7) is 5.02. The second-order valence-corrected chi connectivity index (χ2v) is 4.45. The first kappa shape index (κ1) is 14.0. The molecule has 0 aromatic carbocycles. The summed E-state index contributed by atoms with van der Waals surface area (Å²) in [5.41, 5.74) is 0. The van der Waals surface area contributed by atoms with Crippen molar-refractivity contribution in [1.82, 2.24) is 9.80 Å². The van der Waals surface area contributed by atoms with E-state index in [4.69, 9.17) is 5.11 Å². The lowest BCUT2D eigenvalue weighted by atomic mass is 10.0. The molecule has 0 spiro atoms. The first-order valence-corrected chi connectivity index (χ1v) is 6.32. The second kappa shape index (κ2) is 6.59. The van der Waals surface area contributed by atoms with E-state index in [0.717, 1.165) is 19.3 Å². The Morgan fingerprint density at radius 3 is 2.65 bits per heavy atom. The van der Waals surface area contributed by atoms with Gasteiger partial charge in [-0.15, -0.1) is 0 Å². The number of carbonyl (C=O) groups excluding carboxylic acids is 2. The van der Waals surface area contributed by atoms with Crippen LogP contribution in [0.3, 0.4) is 0 Å². The molecule has 0 aromatic rings. The predicted octanol–water partition coefficient (Wildman–Crippen LogP) is 0.228. The molecule has 1 fully saturated rings. The molecule has 17 heavy (non-hydrogen) atoms. The van der Waals surface area contributed by atoms with Gasteiger partial charge in [0.15, 0.2) is 0 Å². The van der Waals surface area contributed by atoms with Gasteiger partial charge in [0.1, 0.15) is 0 Å². The maximum absolute atomic E-state index is 12.0. The number of hydrogen-bond acceptors (Lipinski definition) is 3. The van der Waals surface area contributed by atoms with Gasteiger partial charge in [-0.1, -0.05) is 0 Å².